The second kappa shape index (κ2) is 5.54. The molecule has 104 valence electrons. The van der Waals surface area contributed by atoms with Gasteiger partial charge >= 0.3 is 5.97 Å². The molecule has 2 rings (SSSR count). The van der Waals surface area contributed by atoms with E-state index in [4.69, 9.17) is 9.84 Å². The van der Waals surface area contributed by atoms with Gasteiger partial charge in [0.05, 0.1) is 6.61 Å². The number of aromatic nitrogens is 2. The van der Waals surface area contributed by atoms with Crippen LogP contribution in [0.1, 0.15) is 34.4 Å². The molecule has 1 aliphatic heterocycles. The number of likely N-dealkylation sites (N-methyl/N-ethyl adjacent to an activating group) is 1. The van der Waals surface area contributed by atoms with E-state index in [1.165, 1.54) is 0 Å². The van der Waals surface area contributed by atoms with Crippen LogP contribution in [-0.4, -0.2) is 52.7 Å². The van der Waals surface area contributed by atoms with Crippen LogP contribution in [0.15, 0.2) is 6.20 Å². The van der Waals surface area contributed by atoms with Gasteiger partial charge in [0.1, 0.15) is 17.4 Å². The third-order valence-corrected chi connectivity index (χ3v) is 2.83. The minimum Gasteiger partial charge on any atom is -0.478 e. The van der Waals surface area contributed by atoms with Crippen molar-refractivity contribution in [1.29, 1.82) is 0 Å². The number of rotatable bonds is 3. The first-order valence-electron chi connectivity index (χ1n) is 5.67. The Morgan fingerprint density at radius 1 is 1.63 bits per heavy atom. The molecule has 0 saturated carbocycles. The summed E-state index contributed by atoms with van der Waals surface area (Å²) < 4.78 is 31.0. The summed E-state index contributed by atoms with van der Waals surface area (Å²) >= 11 is 0. The molecule has 0 bridgehead atoms. The van der Waals surface area contributed by atoms with Gasteiger partial charge in [-0.05, 0) is 7.05 Å². The summed E-state index contributed by atoms with van der Waals surface area (Å²) in [6.45, 7) is 1.68. The highest BCUT2D eigenvalue weighted by atomic mass is 19.3. The zero-order valence-electron chi connectivity index (χ0n) is 10.2. The molecule has 0 amide bonds. The van der Waals surface area contributed by atoms with Crippen molar-refractivity contribution in [2.45, 2.75) is 12.5 Å². The van der Waals surface area contributed by atoms with Crippen LogP contribution in [0.25, 0.3) is 0 Å². The Kier molecular flexibility index (Phi) is 4.01. The normalized spacial score (nSPS) is 20.7. The fraction of sp³-hybridized carbons (Fsp3) is 0.545. The number of ether oxygens (including phenoxy) is 1. The fourth-order valence-electron chi connectivity index (χ4n) is 1.83. The molecular formula is C11H13F2N3O3. The van der Waals surface area contributed by atoms with Crippen molar-refractivity contribution in [1.82, 2.24) is 14.9 Å². The highest BCUT2D eigenvalue weighted by Crippen LogP contribution is 2.24. The average Bonchev–Trinajstić information content (AvgIpc) is 2.37. The maximum absolute atomic E-state index is 12.8. The van der Waals surface area contributed by atoms with Gasteiger partial charge in [-0.25, -0.2) is 23.5 Å². The van der Waals surface area contributed by atoms with Crippen molar-refractivity contribution in [2.24, 2.45) is 0 Å². The summed E-state index contributed by atoms with van der Waals surface area (Å²) in [6.07, 6.45) is -2.57. The van der Waals surface area contributed by atoms with Crippen LogP contribution in [0.2, 0.25) is 0 Å². The maximum Gasteiger partial charge on any atom is 0.339 e. The van der Waals surface area contributed by atoms with Crippen molar-refractivity contribution in [3.8, 4) is 0 Å². The molecular weight excluding hydrogens is 260 g/mol. The van der Waals surface area contributed by atoms with Crippen molar-refractivity contribution in [2.75, 3.05) is 26.7 Å². The lowest BCUT2D eigenvalue weighted by Gasteiger charge is -2.29. The zero-order chi connectivity index (χ0) is 14.0. The van der Waals surface area contributed by atoms with Gasteiger partial charge < -0.3 is 14.7 Å². The first-order chi connectivity index (χ1) is 8.99. The van der Waals surface area contributed by atoms with Crippen molar-refractivity contribution in [3.63, 3.8) is 0 Å². The van der Waals surface area contributed by atoms with E-state index in [2.05, 4.69) is 9.97 Å². The Balaban J connectivity index is 2.32. The molecule has 0 radical (unpaired) electrons. The largest absolute Gasteiger partial charge is 0.478 e. The van der Waals surface area contributed by atoms with Crippen LogP contribution >= 0.6 is 0 Å². The molecule has 8 heteroatoms. The second-order valence-electron chi connectivity index (χ2n) is 4.25. The summed E-state index contributed by atoms with van der Waals surface area (Å²) in [5.74, 6) is -1.38. The molecule has 19 heavy (non-hydrogen) atoms. The lowest BCUT2D eigenvalue weighted by molar-refractivity contribution is -0.0259. The molecule has 2 heterocycles. The predicted molar refractivity (Wildman–Crippen MR) is 60.1 cm³/mol. The van der Waals surface area contributed by atoms with E-state index in [-0.39, 0.29) is 5.82 Å². The zero-order valence-corrected chi connectivity index (χ0v) is 10.2. The van der Waals surface area contributed by atoms with E-state index >= 15 is 0 Å². The van der Waals surface area contributed by atoms with Gasteiger partial charge in [-0.1, -0.05) is 0 Å². The highest BCUT2D eigenvalue weighted by Gasteiger charge is 2.26. The van der Waals surface area contributed by atoms with Crippen LogP contribution in [-0.2, 0) is 4.74 Å². The third kappa shape index (κ3) is 3.02. The third-order valence-electron chi connectivity index (χ3n) is 2.83. The molecule has 1 aromatic heterocycles. The summed E-state index contributed by atoms with van der Waals surface area (Å²) in [6, 6.07) is 0. The van der Waals surface area contributed by atoms with E-state index in [9.17, 15) is 13.6 Å². The molecule has 1 saturated heterocycles. The predicted octanol–water partition coefficient (Wildman–Crippen LogP) is 1.12. The van der Waals surface area contributed by atoms with Crippen molar-refractivity contribution < 1.29 is 23.4 Å². The number of carbonyl (C=O) groups is 1. The lowest BCUT2D eigenvalue weighted by Crippen LogP contribution is -2.36. The van der Waals surface area contributed by atoms with E-state index in [1.54, 1.807) is 0 Å². The molecule has 6 nitrogen and oxygen atoms in total. The molecule has 1 unspecified atom stereocenters. The Hall–Kier alpha value is -1.67. The Morgan fingerprint density at radius 3 is 2.95 bits per heavy atom. The molecule has 1 aliphatic rings. The summed E-state index contributed by atoms with van der Waals surface area (Å²) in [4.78, 5) is 20.3. The first kappa shape index (κ1) is 13.8. The number of nitrogens with zero attached hydrogens (tertiary/aromatic N) is 3. The maximum atomic E-state index is 12.8. The van der Waals surface area contributed by atoms with Gasteiger partial charge in [0.25, 0.3) is 6.43 Å². The molecule has 1 atom stereocenters. The summed E-state index contributed by atoms with van der Waals surface area (Å²) in [5, 5.41) is 8.81. The number of alkyl halides is 2. The van der Waals surface area contributed by atoms with Gasteiger partial charge in [0, 0.05) is 19.3 Å². The van der Waals surface area contributed by atoms with Gasteiger partial charge in [0.15, 0.2) is 5.82 Å². The van der Waals surface area contributed by atoms with E-state index < -0.39 is 29.8 Å². The summed E-state index contributed by atoms with van der Waals surface area (Å²) in [7, 11) is 1.87. The monoisotopic (exact) mass is 273 g/mol. The molecule has 0 aliphatic carbocycles. The lowest BCUT2D eigenvalue weighted by atomic mass is 10.2. The molecule has 1 aromatic rings. The van der Waals surface area contributed by atoms with Gasteiger partial charge in [-0.3, -0.25) is 0 Å². The highest BCUT2D eigenvalue weighted by molar-refractivity contribution is 5.88. The number of morpholine rings is 1. The van der Waals surface area contributed by atoms with Crippen molar-refractivity contribution in [3.05, 3.63) is 23.3 Å². The van der Waals surface area contributed by atoms with Crippen LogP contribution in [0.3, 0.4) is 0 Å². The number of halogens is 2. The van der Waals surface area contributed by atoms with Crippen LogP contribution in [0, 0.1) is 0 Å². The summed E-state index contributed by atoms with van der Waals surface area (Å²) in [5.41, 5.74) is -1.35. The van der Waals surface area contributed by atoms with E-state index in [0.29, 0.717) is 13.2 Å². The van der Waals surface area contributed by atoms with Crippen LogP contribution < -0.4 is 0 Å². The first-order valence-corrected chi connectivity index (χ1v) is 5.67. The van der Waals surface area contributed by atoms with Crippen LogP contribution in [0.5, 0.6) is 0 Å². The standard InChI is InChI=1S/C11H13F2N3O3/c1-16-2-3-19-7(5-16)10-14-4-6(11(17)18)8(15-10)9(12)13/h4,7,9H,2-3,5H2,1H3,(H,17,18). The molecule has 0 aromatic carbocycles. The van der Waals surface area contributed by atoms with Crippen molar-refractivity contribution >= 4 is 5.97 Å². The van der Waals surface area contributed by atoms with E-state index in [1.807, 2.05) is 11.9 Å². The number of carboxylic acids is 1. The number of carboxylic acid groups (broad SMARTS) is 1. The van der Waals surface area contributed by atoms with Crippen LogP contribution in [0.4, 0.5) is 8.78 Å². The minimum atomic E-state index is -2.96. The van der Waals surface area contributed by atoms with Gasteiger partial charge in [0.2, 0.25) is 0 Å². The quantitative estimate of drug-likeness (QED) is 0.889. The molecule has 1 N–H and O–H groups in total. The Morgan fingerprint density at radius 2 is 2.37 bits per heavy atom. The van der Waals surface area contributed by atoms with E-state index in [0.717, 1.165) is 12.7 Å². The Labute approximate surface area is 108 Å². The molecule has 1 fully saturated rings. The SMILES string of the molecule is CN1CCOC(c2ncc(C(=O)O)c(C(F)F)n2)C1. The molecule has 0 spiro atoms. The number of hydrogen-bond donors (Lipinski definition) is 1. The number of aromatic carboxylic acids is 1. The smallest absolute Gasteiger partial charge is 0.339 e. The van der Waals surface area contributed by atoms with Gasteiger partial charge in [-0.15, -0.1) is 0 Å². The van der Waals surface area contributed by atoms with Gasteiger partial charge in [-0.2, -0.15) is 0 Å². The fourth-order valence-corrected chi connectivity index (χ4v) is 1.83. The average molecular weight is 273 g/mol. The second-order valence-corrected chi connectivity index (χ2v) is 4.25. The topological polar surface area (TPSA) is 75.5 Å². The number of hydrogen-bond acceptors (Lipinski definition) is 5. The Bertz CT molecular complexity index is 484. The minimum absolute atomic E-state index is 0.0897.